The van der Waals surface area contributed by atoms with Crippen LogP contribution < -0.4 is 4.90 Å². The van der Waals surface area contributed by atoms with Crippen molar-refractivity contribution in [2.75, 3.05) is 18.0 Å². The molecule has 0 bridgehead atoms. The molecule has 0 aliphatic carbocycles. The van der Waals surface area contributed by atoms with Crippen LogP contribution in [0.3, 0.4) is 0 Å². The van der Waals surface area contributed by atoms with E-state index in [9.17, 15) is 0 Å². The molecule has 1 aromatic heterocycles. The van der Waals surface area contributed by atoms with Gasteiger partial charge in [-0.2, -0.15) is 0 Å². The number of aromatic nitrogens is 1. The van der Waals surface area contributed by atoms with Gasteiger partial charge in [-0.15, -0.1) is 0 Å². The molecular formula is C20H20BrN3. The van der Waals surface area contributed by atoms with E-state index in [2.05, 4.69) is 85.6 Å². The Labute approximate surface area is 151 Å². The van der Waals surface area contributed by atoms with Crippen LogP contribution in [-0.4, -0.2) is 28.0 Å². The van der Waals surface area contributed by atoms with Crippen molar-refractivity contribution in [2.24, 2.45) is 0 Å². The molecule has 4 rings (SSSR count). The Morgan fingerprint density at radius 3 is 2.67 bits per heavy atom. The second-order valence-electron chi connectivity index (χ2n) is 6.29. The van der Waals surface area contributed by atoms with Crippen molar-refractivity contribution in [1.29, 1.82) is 0 Å². The van der Waals surface area contributed by atoms with Gasteiger partial charge in [-0.1, -0.05) is 48.5 Å². The minimum absolute atomic E-state index is 0.499. The van der Waals surface area contributed by atoms with Crippen LogP contribution in [0.1, 0.15) is 12.0 Å². The fraction of sp³-hybridized carbons (Fsp3) is 0.250. The van der Waals surface area contributed by atoms with Crippen LogP contribution in [0.5, 0.6) is 0 Å². The summed E-state index contributed by atoms with van der Waals surface area (Å²) in [5.41, 5.74) is 2.40. The normalized spacial score (nSPS) is 17.8. The van der Waals surface area contributed by atoms with E-state index in [4.69, 9.17) is 4.98 Å². The summed E-state index contributed by atoms with van der Waals surface area (Å²) in [5, 5.41) is 1.20. The molecule has 122 valence electrons. The standard InChI is InChI=1S/C20H20BrN3/c21-24(14-16-6-2-1-3-7-16)18-12-13-23(15-18)20-11-10-17-8-4-5-9-19(17)22-20/h1-11,18H,12-15H2. The third-order valence-corrected chi connectivity index (χ3v) is 5.47. The maximum Gasteiger partial charge on any atom is 0.129 e. The van der Waals surface area contributed by atoms with E-state index in [1.807, 2.05) is 6.07 Å². The average molecular weight is 382 g/mol. The van der Waals surface area contributed by atoms with Crippen LogP contribution in [0, 0.1) is 0 Å². The number of pyridine rings is 1. The minimum atomic E-state index is 0.499. The Bertz CT molecular complexity index is 821. The van der Waals surface area contributed by atoms with Crippen LogP contribution >= 0.6 is 16.1 Å². The van der Waals surface area contributed by atoms with Crippen molar-refractivity contribution in [2.45, 2.75) is 19.0 Å². The van der Waals surface area contributed by atoms with E-state index in [0.717, 1.165) is 37.4 Å². The number of halogens is 1. The lowest BCUT2D eigenvalue weighted by Gasteiger charge is -2.23. The Hall–Kier alpha value is -1.91. The number of fused-ring (bicyclic) bond motifs is 1. The lowest BCUT2D eigenvalue weighted by Crippen LogP contribution is -2.30. The van der Waals surface area contributed by atoms with Crippen molar-refractivity contribution in [1.82, 2.24) is 8.91 Å². The summed E-state index contributed by atoms with van der Waals surface area (Å²) in [5.74, 6) is 1.08. The van der Waals surface area contributed by atoms with E-state index < -0.39 is 0 Å². The number of hydrogen-bond donors (Lipinski definition) is 0. The predicted molar refractivity (Wildman–Crippen MR) is 103 cm³/mol. The molecule has 3 aromatic rings. The maximum atomic E-state index is 4.83. The maximum absolute atomic E-state index is 4.83. The summed E-state index contributed by atoms with van der Waals surface area (Å²) < 4.78 is 2.28. The van der Waals surface area contributed by atoms with Crippen LogP contribution in [0.2, 0.25) is 0 Å². The van der Waals surface area contributed by atoms with E-state index >= 15 is 0 Å². The van der Waals surface area contributed by atoms with Crippen LogP contribution in [0.15, 0.2) is 66.7 Å². The summed E-state index contributed by atoms with van der Waals surface area (Å²) in [6.07, 6.45) is 1.15. The molecule has 0 spiro atoms. The molecule has 4 heteroatoms. The summed E-state index contributed by atoms with van der Waals surface area (Å²) >= 11 is 3.77. The Kier molecular flexibility index (Phi) is 4.50. The summed E-state index contributed by atoms with van der Waals surface area (Å²) in [6.45, 7) is 2.97. The quantitative estimate of drug-likeness (QED) is 0.614. The first-order chi connectivity index (χ1) is 11.8. The van der Waals surface area contributed by atoms with Gasteiger partial charge in [0.15, 0.2) is 0 Å². The average Bonchev–Trinajstić information content (AvgIpc) is 3.12. The van der Waals surface area contributed by atoms with Crippen molar-refractivity contribution >= 4 is 32.9 Å². The second kappa shape index (κ2) is 6.91. The lowest BCUT2D eigenvalue weighted by molar-refractivity contribution is 0.383. The van der Waals surface area contributed by atoms with Gasteiger partial charge in [0.05, 0.1) is 5.52 Å². The number of rotatable bonds is 4. The molecule has 1 atom stereocenters. The molecular weight excluding hydrogens is 362 g/mol. The van der Waals surface area contributed by atoms with Crippen LogP contribution in [-0.2, 0) is 6.54 Å². The monoisotopic (exact) mass is 381 g/mol. The highest BCUT2D eigenvalue weighted by molar-refractivity contribution is 9.07. The van der Waals surface area contributed by atoms with Crippen molar-refractivity contribution in [3.05, 3.63) is 72.3 Å². The molecule has 3 nitrogen and oxygen atoms in total. The minimum Gasteiger partial charge on any atom is -0.355 e. The number of hydrogen-bond acceptors (Lipinski definition) is 3. The van der Waals surface area contributed by atoms with Gasteiger partial charge >= 0.3 is 0 Å². The fourth-order valence-electron chi connectivity index (χ4n) is 3.30. The molecule has 0 radical (unpaired) electrons. The zero-order valence-electron chi connectivity index (χ0n) is 13.5. The Morgan fingerprint density at radius 1 is 1.00 bits per heavy atom. The molecule has 2 heterocycles. The topological polar surface area (TPSA) is 19.4 Å². The Morgan fingerprint density at radius 2 is 1.79 bits per heavy atom. The number of nitrogens with zero attached hydrogens (tertiary/aromatic N) is 3. The summed E-state index contributed by atoms with van der Waals surface area (Å²) in [4.78, 5) is 7.21. The van der Waals surface area contributed by atoms with Crippen molar-refractivity contribution in [3.8, 4) is 0 Å². The van der Waals surface area contributed by atoms with Gasteiger partial charge < -0.3 is 4.90 Å². The van der Waals surface area contributed by atoms with Crippen LogP contribution in [0.4, 0.5) is 5.82 Å². The van der Waals surface area contributed by atoms with E-state index in [0.29, 0.717) is 6.04 Å². The smallest absolute Gasteiger partial charge is 0.129 e. The highest BCUT2D eigenvalue weighted by Crippen LogP contribution is 2.26. The first-order valence-corrected chi connectivity index (χ1v) is 9.07. The second-order valence-corrected chi connectivity index (χ2v) is 7.21. The number of anilines is 1. The zero-order valence-corrected chi connectivity index (χ0v) is 15.1. The zero-order chi connectivity index (χ0) is 16.4. The van der Waals surface area contributed by atoms with Gasteiger partial charge in [-0.3, -0.25) is 0 Å². The third kappa shape index (κ3) is 3.30. The van der Waals surface area contributed by atoms with Gasteiger partial charge in [0.25, 0.3) is 0 Å². The van der Waals surface area contributed by atoms with E-state index in [1.165, 1.54) is 10.9 Å². The summed E-state index contributed by atoms with van der Waals surface area (Å²) in [6, 6.07) is 23.7. The molecule has 2 aromatic carbocycles. The molecule has 1 unspecified atom stereocenters. The fourth-order valence-corrected chi connectivity index (χ4v) is 3.92. The van der Waals surface area contributed by atoms with Gasteiger partial charge in [0.1, 0.15) is 5.82 Å². The van der Waals surface area contributed by atoms with Gasteiger partial charge in [0, 0.05) is 47.2 Å². The first-order valence-electron chi connectivity index (χ1n) is 8.37. The predicted octanol–water partition coefficient (Wildman–Crippen LogP) is 4.63. The van der Waals surface area contributed by atoms with Crippen molar-refractivity contribution in [3.63, 3.8) is 0 Å². The Balaban J connectivity index is 1.45. The van der Waals surface area contributed by atoms with Gasteiger partial charge in [-0.05, 0) is 30.2 Å². The van der Waals surface area contributed by atoms with Gasteiger partial charge in [0.2, 0.25) is 0 Å². The molecule has 0 saturated carbocycles. The largest absolute Gasteiger partial charge is 0.355 e. The number of benzene rings is 2. The molecule has 0 amide bonds. The molecule has 0 N–H and O–H groups in total. The highest BCUT2D eigenvalue weighted by Gasteiger charge is 2.27. The molecule has 1 aliphatic rings. The van der Waals surface area contributed by atoms with E-state index in [-0.39, 0.29) is 0 Å². The van der Waals surface area contributed by atoms with Crippen LogP contribution in [0.25, 0.3) is 10.9 Å². The molecule has 1 aliphatic heterocycles. The van der Waals surface area contributed by atoms with E-state index in [1.54, 1.807) is 0 Å². The molecule has 1 fully saturated rings. The first kappa shape index (κ1) is 15.6. The SMILES string of the molecule is BrN(Cc1ccccc1)C1CCN(c2ccc3ccccc3n2)C1. The summed E-state index contributed by atoms with van der Waals surface area (Å²) in [7, 11) is 0. The van der Waals surface area contributed by atoms with Crippen molar-refractivity contribution < 1.29 is 0 Å². The lowest BCUT2D eigenvalue weighted by atomic mass is 10.2. The molecule has 24 heavy (non-hydrogen) atoms. The molecule has 1 saturated heterocycles. The van der Waals surface area contributed by atoms with Gasteiger partial charge in [-0.25, -0.2) is 8.91 Å². The third-order valence-electron chi connectivity index (χ3n) is 4.64. The highest BCUT2D eigenvalue weighted by atomic mass is 79.9. The number of para-hydroxylation sites is 1.